The Balaban J connectivity index is 1.32. The molecule has 1 saturated heterocycles. The molecule has 12 heteroatoms. The molecule has 3 N–H and O–H groups in total. The van der Waals surface area contributed by atoms with Crippen molar-refractivity contribution in [3.05, 3.63) is 59.6 Å². The smallest absolute Gasteiger partial charge is 0.407 e. The van der Waals surface area contributed by atoms with E-state index < -0.39 is 17.7 Å². The second-order valence-electron chi connectivity index (χ2n) is 9.53. The molecule has 0 aliphatic carbocycles. The van der Waals surface area contributed by atoms with Gasteiger partial charge in [-0.1, -0.05) is 17.7 Å². The Morgan fingerprint density at radius 3 is 2.55 bits per heavy atom. The summed E-state index contributed by atoms with van der Waals surface area (Å²) in [7, 11) is 0. The molecule has 0 radical (unpaired) electrons. The van der Waals surface area contributed by atoms with Crippen molar-refractivity contribution in [3.63, 3.8) is 0 Å². The summed E-state index contributed by atoms with van der Waals surface area (Å²) in [6.07, 6.45) is 4.03. The van der Waals surface area contributed by atoms with Crippen LogP contribution < -0.4 is 20.9 Å². The van der Waals surface area contributed by atoms with Gasteiger partial charge in [0.05, 0.1) is 66.1 Å². The standard InChI is InChI=1S/C26H30ClN7O4/c1-26(2,3)38-25(36)30-13-18-5-6-19(14-29-18)31-24(35)33-23-16-28-15-21(32-23)17-4-7-22(20(27)12-17)34-8-10-37-11-9-34/h4-7,12,14-16H,8-11,13H2,1-3H3,(H,30,36)(H2,31,32,33,35). The molecule has 1 aliphatic rings. The number of anilines is 3. The van der Waals surface area contributed by atoms with E-state index in [9.17, 15) is 9.59 Å². The lowest BCUT2D eigenvalue weighted by molar-refractivity contribution is 0.0523. The molecule has 2 aromatic heterocycles. The number of ether oxygens (including phenoxy) is 2. The lowest BCUT2D eigenvalue weighted by atomic mass is 10.1. The van der Waals surface area contributed by atoms with Gasteiger partial charge in [0, 0.05) is 18.7 Å². The van der Waals surface area contributed by atoms with Gasteiger partial charge in [-0.2, -0.15) is 0 Å². The first-order valence-corrected chi connectivity index (χ1v) is 12.5. The van der Waals surface area contributed by atoms with E-state index in [1.54, 1.807) is 39.1 Å². The predicted molar refractivity (Wildman–Crippen MR) is 145 cm³/mol. The van der Waals surface area contributed by atoms with Gasteiger partial charge >= 0.3 is 12.1 Å². The first-order chi connectivity index (χ1) is 18.2. The van der Waals surface area contributed by atoms with Gasteiger partial charge < -0.3 is 25.0 Å². The highest BCUT2D eigenvalue weighted by Crippen LogP contribution is 2.31. The van der Waals surface area contributed by atoms with Crippen molar-refractivity contribution in [1.29, 1.82) is 0 Å². The van der Waals surface area contributed by atoms with Crippen molar-refractivity contribution >= 4 is 40.9 Å². The average Bonchev–Trinajstić information content (AvgIpc) is 2.88. The van der Waals surface area contributed by atoms with E-state index in [1.807, 2.05) is 18.2 Å². The van der Waals surface area contributed by atoms with E-state index in [0.29, 0.717) is 35.3 Å². The van der Waals surface area contributed by atoms with E-state index in [0.717, 1.165) is 24.3 Å². The summed E-state index contributed by atoms with van der Waals surface area (Å²) in [5, 5.41) is 8.62. The summed E-state index contributed by atoms with van der Waals surface area (Å²) in [6, 6.07) is 8.59. The maximum Gasteiger partial charge on any atom is 0.407 e. The monoisotopic (exact) mass is 539 g/mol. The van der Waals surface area contributed by atoms with E-state index in [4.69, 9.17) is 21.1 Å². The first kappa shape index (κ1) is 27.1. The Morgan fingerprint density at radius 2 is 1.87 bits per heavy atom. The number of urea groups is 1. The number of amides is 3. The molecule has 0 bridgehead atoms. The number of hydrogen-bond acceptors (Lipinski definition) is 8. The number of nitrogens with zero attached hydrogens (tertiary/aromatic N) is 4. The van der Waals surface area contributed by atoms with Crippen LogP contribution in [-0.2, 0) is 16.0 Å². The van der Waals surface area contributed by atoms with Crippen LogP contribution in [0.3, 0.4) is 0 Å². The average molecular weight is 540 g/mol. The zero-order chi connectivity index (χ0) is 27.1. The van der Waals surface area contributed by atoms with Crippen LogP contribution in [0.25, 0.3) is 11.3 Å². The third kappa shape index (κ3) is 7.77. The number of aromatic nitrogens is 3. The zero-order valence-electron chi connectivity index (χ0n) is 21.5. The number of nitrogens with one attached hydrogen (secondary N) is 3. The minimum Gasteiger partial charge on any atom is -0.444 e. The number of halogens is 1. The number of benzene rings is 1. The second kappa shape index (κ2) is 12.1. The van der Waals surface area contributed by atoms with E-state index in [2.05, 4.69) is 35.8 Å². The van der Waals surface area contributed by atoms with Crippen molar-refractivity contribution in [1.82, 2.24) is 20.3 Å². The Labute approximate surface area is 225 Å². The van der Waals surface area contributed by atoms with Gasteiger partial charge in [-0.05, 0) is 45.0 Å². The molecule has 3 aromatic rings. The van der Waals surface area contributed by atoms with Gasteiger partial charge in [-0.3, -0.25) is 15.3 Å². The maximum absolute atomic E-state index is 12.5. The lowest BCUT2D eigenvalue weighted by Gasteiger charge is -2.29. The van der Waals surface area contributed by atoms with Crippen molar-refractivity contribution in [2.75, 3.05) is 41.8 Å². The van der Waals surface area contributed by atoms with Crippen LogP contribution in [0.15, 0.2) is 48.9 Å². The summed E-state index contributed by atoms with van der Waals surface area (Å²) < 4.78 is 10.6. The third-order valence-electron chi connectivity index (χ3n) is 5.37. The lowest BCUT2D eigenvalue weighted by Crippen LogP contribution is -2.36. The molecule has 1 aromatic carbocycles. The van der Waals surface area contributed by atoms with Crippen molar-refractivity contribution in [3.8, 4) is 11.3 Å². The predicted octanol–water partition coefficient (Wildman–Crippen LogP) is 4.70. The third-order valence-corrected chi connectivity index (χ3v) is 5.67. The molecule has 3 amide bonds. The Kier molecular flexibility index (Phi) is 8.59. The molecule has 0 spiro atoms. The van der Waals surface area contributed by atoms with Crippen molar-refractivity contribution in [2.45, 2.75) is 32.9 Å². The summed E-state index contributed by atoms with van der Waals surface area (Å²) in [4.78, 5) is 39.4. The SMILES string of the molecule is CC(C)(C)OC(=O)NCc1ccc(NC(=O)Nc2cncc(-c3ccc(N4CCOCC4)c(Cl)c3)n2)cn1. The van der Waals surface area contributed by atoms with Gasteiger partial charge in [0.15, 0.2) is 5.82 Å². The maximum atomic E-state index is 12.5. The van der Waals surface area contributed by atoms with Crippen molar-refractivity contribution in [2.24, 2.45) is 0 Å². The normalized spacial score (nSPS) is 13.5. The fourth-order valence-electron chi connectivity index (χ4n) is 3.65. The molecule has 0 unspecified atom stereocenters. The topological polar surface area (TPSA) is 131 Å². The fourth-order valence-corrected chi connectivity index (χ4v) is 3.95. The molecular formula is C26H30ClN7O4. The highest BCUT2D eigenvalue weighted by atomic mass is 35.5. The Hall–Kier alpha value is -3.96. The minimum absolute atomic E-state index is 0.196. The molecule has 0 atom stereocenters. The molecule has 0 saturated carbocycles. The quantitative estimate of drug-likeness (QED) is 0.411. The number of morpholine rings is 1. The number of rotatable bonds is 6. The summed E-state index contributed by atoms with van der Waals surface area (Å²) >= 11 is 6.56. The Morgan fingerprint density at radius 1 is 1.08 bits per heavy atom. The first-order valence-electron chi connectivity index (χ1n) is 12.1. The zero-order valence-corrected chi connectivity index (χ0v) is 22.2. The number of alkyl carbamates (subject to hydrolysis) is 1. The molecule has 3 heterocycles. The van der Waals surface area contributed by atoms with Crippen LogP contribution >= 0.6 is 11.6 Å². The second-order valence-corrected chi connectivity index (χ2v) is 9.94. The summed E-state index contributed by atoms with van der Waals surface area (Å²) in [5.41, 5.74) is 2.80. The molecule has 1 aliphatic heterocycles. The molecular weight excluding hydrogens is 510 g/mol. The number of carbonyl (C=O) groups excluding carboxylic acids is 2. The number of carbonyl (C=O) groups is 2. The minimum atomic E-state index is -0.580. The molecule has 4 rings (SSSR count). The van der Waals surface area contributed by atoms with E-state index >= 15 is 0 Å². The molecule has 200 valence electrons. The largest absolute Gasteiger partial charge is 0.444 e. The fraction of sp³-hybridized carbons (Fsp3) is 0.346. The van der Waals surface area contributed by atoms with Crippen LogP contribution in [0.2, 0.25) is 5.02 Å². The molecule has 38 heavy (non-hydrogen) atoms. The van der Waals surface area contributed by atoms with Crippen LogP contribution in [-0.4, -0.2) is 59.0 Å². The van der Waals surface area contributed by atoms with Gasteiger partial charge in [0.1, 0.15) is 5.60 Å². The highest BCUT2D eigenvalue weighted by molar-refractivity contribution is 6.33. The van der Waals surface area contributed by atoms with Crippen molar-refractivity contribution < 1.29 is 19.1 Å². The van der Waals surface area contributed by atoms with Crippen LogP contribution in [0, 0.1) is 0 Å². The van der Waals surface area contributed by atoms with E-state index in [-0.39, 0.29) is 12.4 Å². The van der Waals surface area contributed by atoms with Crippen LogP contribution in [0.4, 0.5) is 26.8 Å². The number of hydrogen-bond donors (Lipinski definition) is 3. The summed E-state index contributed by atoms with van der Waals surface area (Å²) in [6.45, 7) is 8.48. The van der Waals surface area contributed by atoms with Gasteiger partial charge in [0.2, 0.25) is 0 Å². The van der Waals surface area contributed by atoms with Gasteiger partial charge in [-0.15, -0.1) is 0 Å². The number of pyridine rings is 1. The van der Waals surface area contributed by atoms with Crippen LogP contribution in [0.1, 0.15) is 26.5 Å². The van der Waals surface area contributed by atoms with E-state index in [1.165, 1.54) is 12.4 Å². The van der Waals surface area contributed by atoms with Gasteiger partial charge in [-0.25, -0.2) is 14.6 Å². The molecule has 11 nitrogen and oxygen atoms in total. The molecule has 1 fully saturated rings. The summed E-state index contributed by atoms with van der Waals surface area (Å²) in [5.74, 6) is 0.277. The van der Waals surface area contributed by atoms with Crippen LogP contribution in [0.5, 0.6) is 0 Å². The van der Waals surface area contributed by atoms with Gasteiger partial charge in [0.25, 0.3) is 0 Å². The Bertz CT molecular complexity index is 1280. The highest BCUT2D eigenvalue weighted by Gasteiger charge is 2.17.